The summed E-state index contributed by atoms with van der Waals surface area (Å²) in [5.41, 5.74) is 4.82. The van der Waals surface area contributed by atoms with Crippen LogP contribution in [0.1, 0.15) is 59.8 Å². The fourth-order valence-electron chi connectivity index (χ4n) is 6.60. The summed E-state index contributed by atoms with van der Waals surface area (Å²) in [5.74, 6) is 1.11. The van der Waals surface area contributed by atoms with Crippen molar-refractivity contribution < 1.29 is 13.2 Å². The van der Waals surface area contributed by atoms with E-state index < -0.39 is 9.84 Å². The zero-order chi connectivity index (χ0) is 35.1. The number of pyridine rings is 1. The summed E-state index contributed by atoms with van der Waals surface area (Å²) in [5, 5.41) is 20.3. The largest absolute Gasteiger partial charge is 0.365 e. The number of carbonyl (C=O) groups excluding carboxylic acids is 1. The number of benzene rings is 2. The highest BCUT2D eigenvalue weighted by Gasteiger charge is 2.34. The van der Waals surface area contributed by atoms with Crippen LogP contribution in [0.4, 0.5) is 5.82 Å². The van der Waals surface area contributed by atoms with Crippen LogP contribution in [0.2, 0.25) is 0 Å². The first-order chi connectivity index (χ1) is 24.2. The van der Waals surface area contributed by atoms with E-state index in [4.69, 9.17) is 9.97 Å². The monoisotopic (exact) mass is 688 g/mol. The van der Waals surface area contributed by atoms with E-state index in [0.29, 0.717) is 42.6 Å². The van der Waals surface area contributed by atoms with Crippen LogP contribution in [0.15, 0.2) is 96.4 Å². The van der Waals surface area contributed by atoms with E-state index in [2.05, 4.69) is 26.8 Å². The van der Waals surface area contributed by atoms with Gasteiger partial charge >= 0.3 is 0 Å². The summed E-state index contributed by atoms with van der Waals surface area (Å²) < 4.78 is 25.7. The van der Waals surface area contributed by atoms with Gasteiger partial charge in [-0.25, -0.2) is 18.4 Å². The average Bonchev–Trinajstić information content (AvgIpc) is 3.57. The number of hydrogen-bond acceptors (Lipinski definition) is 9. The number of hydrogen-bond donors (Lipinski definition) is 2. The molecule has 1 unspecified atom stereocenters. The topological polar surface area (TPSA) is 156 Å². The molecule has 12 heteroatoms. The van der Waals surface area contributed by atoms with Crippen molar-refractivity contribution in [3.63, 3.8) is 0 Å². The van der Waals surface area contributed by atoms with E-state index in [-0.39, 0.29) is 22.6 Å². The van der Waals surface area contributed by atoms with Crippen LogP contribution < -0.4 is 10.6 Å². The molecule has 0 bridgehead atoms. The first-order valence-electron chi connectivity index (χ1n) is 16.7. The zero-order valence-corrected chi connectivity index (χ0v) is 29.0. The Morgan fingerprint density at radius 2 is 1.72 bits per heavy atom. The van der Waals surface area contributed by atoms with Gasteiger partial charge in [0.25, 0.3) is 0 Å². The van der Waals surface area contributed by atoms with Crippen molar-refractivity contribution >= 4 is 21.6 Å². The van der Waals surface area contributed by atoms with Gasteiger partial charge in [-0.1, -0.05) is 48.5 Å². The van der Waals surface area contributed by atoms with Gasteiger partial charge in [-0.15, -0.1) is 0 Å². The summed E-state index contributed by atoms with van der Waals surface area (Å²) in [4.78, 5) is 28.1. The van der Waals surface area contributed by atoms with Gasteiger partial charge in [-0.2, -0.15) is 10.4 Å². The van der Waals surface area contributed by atoms with Gasteiger partial charge in [-0.05, 0) is 66.8 Å². The number of amides is 1. The maximum absolute atomic E-state index is 13.8. The minimum Gasteiger partial charge on any atom is -0.365 e. The molecule has 0 aliphatic heterocycles. The van der Waals surface area contributed by atoms with Crippen LogP contribution in [-0.4, -0.2) is 45.3 Å². The SMILES string of the molecule is Cn1cc(-c2ccc(C(C(=O)NCc3ccccc3)[C@H]3CC[C@H](Cc4ncc(C#N)c(NCc5cccc(S(C)(=O)=O)c5)n4)CC3)nc2)cn1. The second-order valence-electron chi connectivity index (χ2n) is 13.0. The molecule has 3 aromatic heterocycles. The van der Waals surface area contributed by atoms with Crippen LogP contribution >= 0.6 is 0 Å². The van der Waals surface area contributed by atoms with Gasteiger partial charge in [0.2, 0.25) is 5.91 Å². The number of sulfone groups is 1. The Balaban J connectivity index is 1.12. The van der Waals surface area contributed by atoms with Gasteiger partial charge < -0.3 is 10.6 Å². The van der Waals surface area contributed by atoms with E-state index in [1.165, 1.54) is 12.5 Å². The lowest BCUT2D eigenvalue weighted by molar-refractivity contribution is -0.124. The van der Waals surface area contributed by atoms with Crippen LogP contribution in [-0.2, 0) is 41.2 Å². The molecule has 2 N–H and O–H groups in total. The molecule has 2 aromatic carbocycles. The highest BCUT2D eigenvalue weighted by molar-refractivity contribution is 7.90. The molecule has 1 amide bonds. The summed E-state index contributed by atoms with van der Waals surface area (Å²) in [6.07, 6.45) is 12.5. The minimum atomic E-state index is -3.33. The predicted octanol–water partition coefficient (Wildman–Crippen LogP) is 5.61. The van der Waals surface area contributed by atoms with Crippen molar-refractivity contribution in [2.75, 3.05) is 11.6 Å². The standard InChI is InChI=1S/C38H40N8O3S/c1-46-25-32(24-44-46)30-15-16-34(40-22-30)36(38(47)43-20-27-7-4-3-5-8-27)29-13-11-26(12-14-29)18-35-41-23-31(19-39)37(45-35)42-21-28-9-6-10-33(17-28)50(2,48)49/h3-10,15-17,22-26,29,36H,11-14,18,20-21H2,1-2H3,(H,43,47)(H,41,42,45)/t26-,29-,36?. The summed E-state index contributed by atoms with van der Waals surface area (Å²) >= 11 is 0. The number of nitriles is 1. The molecular weight excluding hydrogens is 649 g/mol. The molecule has 50 heavy (non-hydrogen) atoms. The van der Waals surface area contributed by atoms with Crippen LogP contribution in [0, 0.1) is 23.2 Å². The lowest BCUT2D eigenvalue weighted by atomic mass is 9.73. The molecule has 1 aliphatic carbocycles. The van der Waals surface area contributed by atoms with E-state index in [1.54, 1.807) is 29.1 Å². The van der Waals surface area contributed by atoms with Crippen LogP contribution in [0.5, 0.6) is 0 Å². The minimum absolute atomic E-state index is 0.0212. The molecule has 11 nitrogen and oxygen atoms in total. The number of nitrogens with zero attached hydrogens (tertiary/aromatic N) is 6. The van der Waals surface area contributed by atoms with E-state index >= 15 is 0 Å². The fraction of sp³-hybridized carbons (Fsp3) is 0.316. The van der Waals surface area contributed by atoms with Crippen molar-refractivity contribution in [2.24, 2.45) is 18.9 Å². The molecule has 1 atom stereocenters. The molecule has 3 heterocycles. The van der Waals surface area contributed by atoms with Crippen molar-refractivity contribution in [1.82, 2.24) is 30.0 Å². The molecule has 256 valence electrons. The van der Waals surface area contributed by atoms with Crippen molar-refractivity contribution in [2.45, 2.75) is 56.0 Å². The highest BCUT2D eigenvalue weighted by Crippen LogP contribution is 2.39. The predicted molar refractivity (Wildman–Crippen MR) is 190 cm³/mol. The fourth-order valence-corrected chi connectivity index (χ4v) is 7.30. The van der Waals surface area contributed by atoms with Crippen LogP contribution in [0.25, 0.3) is 11.1 Å². The number of anilines is 1. The van der Waals surface area contributed by atoms with Gasteiger partial charge in [-0.3, -0.25) is 14.5 Å². The van der Waals surface area contributed by atoms with Crippen LogP contribution in [0.3, 0.4) is 0 Å². The highest BCUT2D eigenvalue weighted by atomic mass is 32.2. The Kier molecular flexibility index (Phi) is 10.6. The van der Waals surface area contributed by atoms with Crippen molar-refractivity contribution in [3.05, 3.63) is 120 Å². The quantitative estimate of drug-likeness (QED) is 0.170. The Labute approximate surface area is 292 Å². The normalized spacial score (nSPS) is 16.7. The first-order valence-corrected chi connectivity index (χ1v) is 18.6. The Morgan fingerprint density at radius 3 is 2.40 bits per heavy atom. The second kappa shape index (κ2) is 15.4. The van der Waals surface area contributed by atoms with Gasteiger partial charge in [0.15, 0.2) is 9.84 Å². The summed E-state index contributed by atoms with van der Waals surface area (Å²) in [7, 11) is -1.46. The number of aryl methyl sites for hydroxylation is 1. The van der Waals surface area contributed by atoms with E-state index in [1.807, 2.05) is 68.0 Å². The summed E-state index contributed by atoms with van der Waals surface area (Å²) in [6.45, 7) is 0.763. The zero-order valence-electron chi connectivity index (χ0n) is 28.2. The number of aromatic nitrogens is 5. The molecule has 1 saturated carbocycles. The first kappa shape index (κ1) is 34.5. The maximum Gasteiger partial charge on any atom is 0.229 e. The molecule has 1 aliphatic rings. The third kappa shape index (κ3) is 8.59. The van der Waals surface area contributed by atoms with Gasteiger partial charge in [0, 0.05) is 56.3 Å². The smallest absolute Gasteiger partial charge is 0.229 e. The molecule has 5 aromatic rings. The van der Waals surface area contributed by atoms with Gasteiger partial charge in [0.05, 0.1) is 28.9 Å². The lowest BCUT2D eigenvalue weighted by Crippen LogP contribution is -2.35. The Bertz CT molecular complexity index is 2080. The molecule has 0 spiro atoms. The molecule has 0 saturated heterocycles. The second-order valence-corrected chi connectivity index (χ2v) is 15.0. The number of carbonyl (C=O) groups is 1. The Hall–Kier alpha value is -5.41. The summed E-state index contributed by atoms with van der Waals surface area (Å²) in [6, 6.07) is 22.7. The maximum atomic E-state index is 13.8. The average molecular weight is 689 g/mol. The van der Waals surface area contributed by atoms with Crippen molar-refractivity contribution in [3.8, 4) is 17.2 Å². The molecule has 1 fully saturated rings. The van der Waals surface area contributed by atoms with Gasteiger partial charge in [0.1, 0.15) is 23.3 Å². The third-order valence-electron chi connectivity index (χ3n) is 9.31. The molecular formula is C38H40N8O3S. The Morgan fingerprint density at radius 1 is 0.940 bits per heavy atom. The van der Waals surface area contributed by atoms with E-state index in [9.17, 15) is 18.5 Å². The molecule has 6 rings (SSSR count). The number of rotatable bonds is 12. The molecule has 0 radical (unpaired) electrons. The third-order valence-corrected chi connectivity index (χ3v) is 10.4. The lowest BCUT2D eigenvalue weighted by Gasteiger charge is -2.33. The van der Waals surface area contributed by atoms with E-state index in [0.717, 1.165) is 53.6 Å². The number of nitrogens with one attached hydrogen (secondary N) is 2. The van der Waals surface area contributed by atoms with Crippen molar-refractivity contribution in [1.29, 1.82) is 5.26 Å².